The van der Waals surface area contributed by atoms with Crippen molar-refractivity contribution in [2.24, 2.45) is 0 Å². The van der Waals surface area contributed by atoms with Crippen molar-refractivity contribution in [3.8, 4) is 0 Å². The van der Waals surface area contributed by atoms with Crippen LogP contribution in [-0.4, -0.2) is 39.8 Å². The number of hydrogen-bond acceptors (Lipinski definition) is 4. The van der Waals surface area contributed by atoms with Crippen molar-refractivity contribution in [2.75, 3.05) is 18.1 Å². The van der Waals surface area contributed by atoms with E-state index in [-0.39, 0.29) is 11.9 Å². The van der Waals surface area contributed by atoms with Gasteiger partial charge in [0.2, 0.25) is 0 Å². The molecule has 1 atom stereocenters. The normalized spacial score (nSPS) is 19.6. The Kier molecular flexibility index (Phi) is 5.30. The van der Waals surface area contributed by atoms with Gasteiger partial charge in [0.05, 0.1) is 29.4 Å². The second-order valence-corrected chi connectivity index (χ2v) is 5.98. The van der Waals surface area contributed by atoms with E-state index in [0.29, 0.717) is 18.1 Å². The van der Waals surface area contributed by atoms with Gasteiger partial charge in [0.1, 0.15) is 6.10 Å². The van der Waals surface area contributed by atoms with Crippen molar-refractivity contribution in [1.82, 2.24) is 9.78 Å². The number of thioether (sulfide) groups is 1. The number of carbonyl (C=O) groups is 1. The van der Waals surface area contributed by atoms with Crippen molar-refractivity contribution in [3.05, 3.63) is 16.4 Å². The molecule has 2 rings (SSSR count). The Labute approximate surface area is 122 Å². The molecular formula is C13H19ClN2O2S. The van der Waals surface area contributed by atoms with Crippen LogP contribution in [0, 0.1) is 0 Å². The number of Topliss-reactive ketones (excluding diaryl/α,β-unsaturated/α-hetero) is 1. The number of hydrogen-bond donors (Lipinski definition) is 0. The Morgan fingerprint density at radius 1 is 1.58 bits per heavy atom. The molecule has 0 bridgehead atoms. The maximum Gasteiger partial charge on any atom is 0.168 e. The van der Waals surface area contributed by atoms with Crippen molar-refractivity contribution >= 4 is 29.1 Å². The first-order valence-corrected chi connectivity index (χ1v) is 8.16. The molecule has 1 aliphatic rings. The van der Waals surface area contributed by atoms with E-state index in [1.54, 1.807) is 11.8 Å². The molecule has 0 aliphatic carbocycles. The number of aromatic nitrogens is 2. The average Bonchev–Trinajstić information content (AvgIpc) is 2.76. The van der Waals surface area contributed by atoms with Crippen LogP contribution in [0.15, 0.2) is 0 Å². The highest BCUT2D eigenvalue weighted by atomic mass is 35.5. The summed E-state index contributed by atoms with van der Waals surface area (Å²) in [7, 11) is 0. The van der Waals surface area contributed by atoms with Gasteiger partial charge in [-0.2, -0.15) is 16.9 Å². The van der Waals surface area contributed by atoms with Crippen LogP contribution in [0.4, 0.5) is 0 Å². The van der Waals surface area contributed by atoms with Crippen LogP contribution in [-0.2, 0) is 28.9 Å². The van der Waals surface area contributed by atoms with Gasteiger partial charge < -0.3 is 4.74 Å². The monoisotopic (exact) mass is 302 g/mol. The Balaban J connectivity index is 2.13. The zero-order chi connectivity index (χ0) is 13.8. The van der Waals surface area contributed by atoms with Crippen molar-refractivity contribution in [3.63, 3.8) is 0 Å². The second kappa shape index (κ2) is 6.77. The fourth-order valence-electron chi connectivity index (χ4n) is 2.14. The molecule has 1 fully saturated rings. The summed E-state index contributed by atoms with van der Waals surface area (Å²) in [5.41, 5.74) is 1.69. The van der Waals surface area contributed by atoms with Crippen LogP contribution < -0.4 is 0 Å². The fraction of sp³-hybridized carbons (Fsp3) is 0.692. The summed E-state index contributed by atoms with van der Waals surface area (Å²) in [6.07, 6.45) is 0.799. The average molecular weight is 303 g/mol. The quantitative estimate of drug-likeness (QED) is 0.837. The van der Waals surface area contributed by atoms with Gasteiger partial charge in [-0.1, -0.05) is 18.5 Å². The predicted molar refractivity (Wildman–Crippen MR) is 78.1 cm³/mol. The lowest BCUT2D eigenvalue weighted by Crippen LogP contribution is -2.33. The van der Waals surface area contributed by atoms with Crippen LogP contribution in [0.2, 0.25) is 5.02 Å². The van der Waals surface area contributed by atoms with E-state index in [4.69, 9.17) is 16.3 Å². The maximum absolute atomic E-state index is 12.2. The van der Waals surface area contributed by atoms with E-state index in [0.717, 1.165) is 35.9 Å². The van der Waals surface area contributed by atoms with E-state index >= 15 is 0 Å². The van der Waals surface area contributed by atoms with Crippen LogP contribution in [0.1, 0.15) is 25.2 Å². The molecular weight excluding hydrogens is 284 g/mol. The Bertz CT molecular complexity index is 456. The number of rotatable bonds is 5. The Hall–Kier alpha value is -0.520. The van der Waals surface area contributed by atoms with Crippen LogP contribution in [0.5, 0.6) is 0 Å². The molecule has 2 heterocycles. The lowest BCUT2D eigenvalue weighted by molar-refractivity contribution is -0.128. The topological polar surface area (TPSA) is 44.1 Å². The fourth-order valence-corrected chi connectivity index (χ4v) is 3.35. The van der Waals surface area contributed by atoms with Crippen LogP contribution in [0.25, 0.3) is 0 Å². The smallest absolute Gasteiger partial charge is 0.168 e. The Morgan fingerprint density at radius 3 is 2.95 bits per heavy atom. The molecule has 1 aromatic rings. The molecule has 0 radical (unpaired) electrons. The highest BCUT2D eigenvalue weighted by molar-refractivity contribution is 7.99. The molecule has 0 amide bonds. The molecule has 0 aromatic carbocycles. The van der Waals surface area contributed by atoms with Gasteiger partial charge in [0, 0.05) is 18.1 Å². The number of ketones is 1. The summed E-state index contributed by atoms with van der Waals surface area (Å²) >= 11 is 8.07. The SMILES string of the molecule is CCc1nn(CC)c(CC(=O)C2CSCCO2)c1Cl. The zero-order valence-corrected chi connectivity index (χ0v) is 12.9. The molecule has 6 heteroatoms. The molecule has 19 heavy (non-hydrogen) atoms. The first kappa shape index (κ1) is 14.9. The van der Waals surface area contributed by atoms with E-state index in [2.05, 4.69) is 5.10 Å². The third-order valence-electron chi connectivity index (χ3n) is 3.21. The molecule has 1 saturated heterocycles. The number of carbonyl (C=O) groups excluding carboxylic acids is 1. The molecule has 106 valence electrons. The van der Waals surface area contributed by atoms with Gasteiger partial charge in [-0.25, -0.2) is 0 Å². The molecule has 1 unspecified atom stereocenters. The van der Waals surface area contributed by atoms with Crippen molar-refractivity contribution in [1.29, 1.82) is 0 Å². The number of ether oxygens (including phenoxy) is 1. The highest BCUT2D eigenvalue weighted by Gasteiger charge is 2.25. The van der Waals surface area contributed by atoms with Gasteiger partial charge >= 0.3 is 0 Å². The lowest BCUT2D eigenvalue weighted by Gasteiger charge is -2.21. The van der Waals surface area contributed by atoms with Crippen molar-refractivity contribution in [2.45, 2.75) is 39.3 Å². The van der Waals surface area contributed by atoms with Crippen molar-refractivity contribution < 1.29 is 9.53 Å². The molecule has 1 aliphatic heterocycles. The van der Waals surface area contributed by atoms with Gasteiger partial charge in [-0.3, -0.25) is 9.48 Å². The number of halogens is 1. The van der Waals surface area contributed by atoms with Gasteiger partial charge in [-0.05, 0) is 13.3 Å². The number of nitrogens with zero attached hydrogens (tertiary/aromatic N) is 2. The first-order valence-electron chi connectivity index (χ1n) is 6.63. The third kappa shape index (κ3) is 3.33. The third-order valence-corrected chi connectivity index (χ3v) is 4.64. The van der Waals surface area contributed by atoms with E-state index in [9.17, 15) is 4.79 Å². The summed E-state index contributed by atoms with van der Waals surface area (Å²) < 4.78 is 7.34. The summed E-state index contributed by atoms with van der Waals surface area (Å²) in [6, 6.07) is 0. The minimum atomic E-state index is -0.292. The largest absolute Gasteiger partial charge is 0.369 e. The van der Waals surface area contributed by atoms with Crippen LogP contribution in [0.3, 0.4) is 0 Å². The van der Waals surface area contributed by atoms with Gasteiger partial charge in [-0.15, -0.1) is 0 Å². The van der Waals surface area contributed by atoms with E-state index in [1.165, 1.54) is 0 Å². The van der Waals surface area contributed by atoms with Gasteiger partial charge in [0.15, 0.2) is 5.78 Å². The summed E-state index contributed by atoms with van der Waals surface area (Å²) in [4.78, 5) is 12.2. The minimum Gasteiger partial charge on any atom is -0.369 e. The highest BCUT2D eigenvalue weighted by Crippen LogP contribution is 2.23. The second-order valence-electron chi connectivity index (χ2n) is 4.45. The predicted octanol–water partition coefficient (Wildman–Crippen LogP) is 2.36. The molecule has 0 saturated carbocycles. The van der Waals surface area contributed by atoms with Gasteiger partial charge in [0.25, 0.3) is 0 Å². The summed E-state index contributed by atoms with van der Waals surface area (Å²) in [6.45, 7) is 5.40. The number of aryl methyl sites for hydroxylation is 2. The Morgan fingerprint density at radius 2 is 2.37 bits per heavy atom. The minimum absolute atomic E-state index is 0.103. The molecule has 0 spiro atoms. The maximum atomic E-state index is 12.2. The lowest BCUT2D eigenvalue weighted by atomic mass is 10.1. The van der Waals surface area contributed by atoms with E-state index in [1.807, 2.05) is 18.5 Å². The summed E-state index contributed by atoms with van der Waals surface area (Å²) in [5, 5.41) is 5.07. The summed E-state index contributed by atoms with van der Waals surface area (Å²) in [5.74, 6) is 1.82. The van der Waals surface area contributed by atoms with Crippen LogP contribution >= 0.6 is 23.4 Å². The van der Waals surface area contributed by atoms with E-state index < -0.39 is 0 Å². The zero-order valence-electron chi connectivity index (χ0n) is 11.3. The first-order chi connectivity index (χ1) is 9.17. The molecule has 4 nitrogen and oxygen atoms in total. The standard InChI is InChI=1S/C13H19ClN2O2S/c1-3-9-13(14)10(16(4-2)15-9)7-11(17)12-8-19-6-5-18-12/h12H,3-8H2,1-2H3. The molecule has 0 N–H and O–H groups in total. The molecule has 1 aromatic heterocycles.